The second-order valence-corrected chi connectivity index (χ2v) is 6.29. The molecule has 1 heterocycles. The molecule has 0 bridgehead atoms. The summed E-state index contributed by atoms with van der Waals surface area (Å²) in [5.41, 5.74) is 0. The van der Waals surface area contributed by atoms with Gasteiger partial charge in [0.15, 0.2) is 0 Å². The Morgan fingerprint density at radius 2 is 2.10 bits per heavy atom. The molecule has 20 heavy (non-hydrogen) atoms. The van der Waals surface area contributed by atoms with Gasteiger partial charge in [-0.05, 0) is 32.1 Å². The molecule has 5 heteroatoms. The third-order valence-corrected chi connectivity index (χ3v) is 3.84. The molecule has 2 N–H and O–H groups in total. The molecule has 1 saturated heterocycles. The van der Waals surface area contributed by atoms with Crippen molar-refractivity contribution in [3.8, 4) is 0 Å². The minimum absolute atomic E-state index is 0.0379. The molecule has 0 aromatic rings. The Kier molecular flexibility index (Phi) is 5.40. The summed E-state index contributed by atoms with van der Waals surface area (Å²) < 4.78 is 0. The minimum Gasteiger partial charge on any atom is -0.353 e. The van der Waals surface area contributed by atoms with E-state index < -0.39 is 0 Å². The molecule has 2 fully saturated rings. The molecule has 1 aliphatic carbocycles. The molecule has 5 nitrogen and oxygen atoms in total. The predicted molar refractivity (Wildman–Crippen MR) is 78.3 cm³/mol. The maximum atomic E-state index is 12.3. The van der Waals surface area contributed by atoms with E-state index >= 15 is 0 Å². The molecule has 1 unspecified atom stereocenters. The zero-order chi connectivity index (χ0) is 14.5. The van der Waals surface area contributed by atoms with Crippen LogP contribution in [0.15, 0.2) is 0 Å². The van der Waals surface area contributed by atoms with Crippen LogP contribution in [-0.4, -0.2) is 47.9 Å². The Balaban J connectivity index is 1.68. The number of rotatable bonds is 7. The normalized spacial score (nSPS) is 23.2. The molecule has 2 aliphatic rings. The van der Waals surface area contributed by atoms with E-state index in [2.05, 4.69) is 24.5 Å². The number of carbonyl (C=O) groups is 2. The largest absolute Gasteiger partial charge is 0.353 e. The van der Waals surface area contributed by atoms with Gasteiger partial charge in [-0.3, -0.25) is 9.59 Å². The van der Waals surface area contributed by atoms with E-state index in [0.717, 1.165) is 38.6 Å². The Morgan fingerprint density at radius 3 is 2.75 bits per heavy atom. The first-order chi connectivity index (χ1) is 9.56. The molecular formula is C15H27N3O2. The van der Waals surface area contributed by atoms with E-state index in [1.807, 2.05) is 4.90 Å². The quantitative estimate of drug-likeness (QED) is 0.733. The summed E-state index contributed by atoms with van der Waals surface area (Å²) in [6.45, 7) is 5.66. The fourth-order valence-electron chi connectivity index (χ4n) is 2.68. The summed E-state index contributed by atoms with van der Waals surface area (Å²) in [6, 6.07) is 0.719. The van der Waals surface area contributed by atoms with Crippen molar-refractivity contribution < 1.29 is 9.59 Å². The third kappa shape index (κ3) is 4.78. The van der Waals surface area contributed by atoms with Crippen LogP contribution >= 0.6 is 0 Å². The zero-order valence-corrected chi connectivity index (χ0v) is 12.7. The lowest BCUT2D eigenvalue weighted by molar-refractivity contribution is -0.136. The number of piperidine rings is 1. The molecule has 0 spiro atoms. The third-order valence-electron chi connectivity index (χ3n) is 3.84. The molecular weight excluding hydrogens is 254 g/mol. The monoisotopic (exact) mass is 281 g/mol. The van der Waals surface area contributed by atoms with Gasteiger partial charge in [0.05, 0.1) is 6.04 Å². The fourth-order valence-corrected chi connectivity index (χ4v) is 2.68. The highest BCUT2D eigenvalue weighted by molar-refractivity contribution is 5.82. The fraction of sp³-hybridized carbons (Fsp3) is 0.867. The van der Waals surface area contributed by atoms with Crippen LogP contribution in [-0.2, 0) is 9.59 Å². The van der Waals surface area contributed by atoms with Crippen LogP contribution in [0, 0.1) is 0 Å². The first-order valence-corrected chi connectivity index (χ1v) is 7.90. The number of amides is 2. The van der Waals surface area contributed by atoms with Gasteiger partial charge in [0.1, 0.15) is 0 Å². The van der Waals surface area contributed by atoms with Gasteiger partial charge >= 0.3 is 0 Å². The molecule has 0 radical (unpaired) electrons. The second kappa shape index (κ2) is 7.07. The number of nitrogens with zero attached hydrogens (tertiary/aromatic N) is 1. The molecule has 1 saturated carbocycles. The van der Waals surface area contributed by atoms with Crippen LogP contribution in [0.1, 0.15) is 52.4 Å². The van der Waals surface area contributed by atoms with Crippen LogP contribution in [0.5, 0.6) is 0 Å². The molecule has 0 aromatic carbocycles. The topological polar surface area (TPSA) is 61.4 Å². The molecule has 1 atom stereocenters. The maximum Gasteiger partial charge on any atom is 0.239 e. The van der Waals surface area contributed by atoms with E-state index in [9.17, 15) is 9.59 Å². The first kappa shape index (κ1) is 15.3. The van der Waals surface area contributed by atoms with Gasteiger partial charge in [-0.1, -0.05) is 13.8 Å². The predicted octanol–water partition coefficient (Wildman–Crippen LogP) is 1.03. The van der Waals surface area contributed by atoms with Crippen molar-refractivity contribution in [3.05, 3.63) is 0 Å². The lowest BCUT2D eigenvalue weighted by atomic mass is 10.0. The average molecular weight is 281 g/mol. The van der Waals surface area contributed by atoms with Crippen molar-refractivity contribution in [2.75, 3.05) is 13.1 Å². The minimum atomic E-state index is -0.0379. The van der Waals surface area contributed by atoms with Crippen LogP contribution in [0.25, 0.3) is 0 Å². The number of likely N-dealkylation sites (tertiary alicyclic amines) is 1. The Morgan fingerprint density at radius 1 is 1.35 bits per heavy atom. The van der Waals surface area contributed by atoms with E-state index in [-0.39, 0.29) is 17.9 Å². The van der Waals surface area contributed by atoms with Crippen molar-refractivity contribution in [3.63, 3.8) is 0 Å². The molecule has 2 rings (SSSR count). The highest BCUT2D eigenvalue weighted by Crippen LogP contribution is 2.19. The van der Waals surface area contributed by atoms with Gasteiger partial charge < -0.3 is 15.5 Å². The van der Waals surface area contributed by atoms with Crippen molar-refractivity contribution in [1.29, 1.82) is 0 Å². The molecule has 114 valence electrons. The van der Waals surface area contributed by atoms with Crippen LogP contribution in [0.3, 0.4) is 0 Å². The van der Waals surface area contributed by atoms with Gasteiger partial charge in [0.2, 0.25) is 11.8 Å². The number of hydrogen-bond donors (Lipinski definition) is 2. The maximum absolute atomic E-state index is 12.3. The van der Waals surface area contributed by atoms with Gasteiger partial charge in [-0.25, -0.2) is 0 Å². The van der Waals surface area contributed by atoms with Crippen molar-refractivity contribution in [2.24, 2.45) is 0 Å². The van der Waals surface area contributed by atoms with E-state index in [1.54, 1.807) is 0 Å². The average Bonchev–Trinajstić information content (AvgIpc) is 3.17. The summed E-state index contributed by atoms with van der Waals surface area (Å²) in [5.74, 6) is 0.335. The summed E-state index contributed by atoms with van der Waals surface area (Å²) in [6.07, 6.45) is 5.51. The van der Waals surface area contributed by atoms with Gasteiger partial charge in [0, 0.05) is 31.6 Å². The van der Waals surface area contributed by atoms with E-state index in [1.165, 1.54) is 0 Å². The van der Waals surface area contributed by atoms with E-state index in [0.29, 0.717) is 25.0 Å². The number of carbonyl (C=O) groups excluding carboxylic acids is 2. The molecule has 1 aliphatic heterocycles. The van der Waals surface area contributed by atoms with Gasteiger partial charge in [0.25, 0.3) is 0 Å². The SMILES string of the molecule is CC(C)NC1CCCN(CCCC(=O)NC2CC2)C1=O. The standard InChI is InChI=1S/C15H27N3O2/c1-11(2)16-13-5-3-9-18(15(13)20)10-4-6-14(19)17-12-7-8-12/h11-13,16H,3-10H2,1-2H3,(H,17,19). The van der Waals surface area contributed by atoms with Crippen molar-refractivity contribution in [2.45, 2.75) is 70.5 Å². The van der Waals surface area contributed by atoms with Gasteiger partial charge in [-0.15, -0.1) is 0 Å². The first-order valence-electron chi connectivity index (χ1n) is 7.90. The highest BCUT2D eigenvalue weighted by Gasteiger charge is 2.28. The second-order valence-electron chi connectivity index (χ2n) is 6.29. The van der Waals surface area contributed by atoms with Crippen LogP contribution in [0.2, 0.25) is 0 Å². The summed E-state index contributed by atoms with van der Waals surface area (Å²) in [4.78, 5) is 25.8. The smallest absolute Gasteiger partial charge is 0.239 e. The molecule has 0 aromatic heterocycles. The summed E-state index contributed by atoms with van der Waals surface area (Å²) in [5, 5.41) is 6.31. The van der Waals surface area contributed by atoms with Crippen LogP contribution < -0.4 is 10.6 Å². The van der Waals surface area contributed by atoms with Crippen molar-refractivity contribution >= 4 is 11.8 Å². The zero-order valence-electron chi connectivity index (χ0n) is 12.7. The highest BCUT2D eigenvalue weighted by atomic mass is 16.2. The molecule has 2 amide bonds. The number of nitrogens with one attached hydrogen (secondary N) is 2. The van der Waals surface area contributed by atoms with Crippen LogP contribution in [0.4, 0.5) is 0 Å². The summed E-state index contributed by atoms with van der Waals surface area (Å²) >= 11 is 0. The van der Waals surface area contributed by atoms with E-state index in [4.69, 9.17) is 0 Å². The summed E-state index contributed by atoms with van der Waals surface area (Å²) in [7, 11) is 0. The lowest BCUT2D eigenvalue weighted by Crippen LogP contribution is -2.52. The van der Waals surface area contributed by atoms with Crippen molar-refractivity contribution in [1.82, 2.24) is 15.5 Å². The van der Waals surface area contributed by atoms with Gasteiger partial charge in [-0.2, -0.15) is 0 Å². The number of hydrogen-bond acceptors (Lipinski definition) is 3. The Bertz CT molecular complexity index is 353. The Hall–Kier alpha value is -1.10. The lowest BCUT2D eigenvalue weighted by Gasteiger charge is -2.33. The Labute approximate surface area is 121 Å².